The molecule has 1 fully saturated rings. The molecule has 0 atom stereocenters. The van der Waals surface area contributed by atoms with Crippen LogP contribution in [0.3, 0.4) is 0 Å². The van der Waals surface area contributed by atoms with E-state index in [1.807, 2.05) is 0 Å². The van der Waals surface area contributed by atoms with Crippen LogP contribution < -0.4 is 0 Å². The lowest BCUT2D eigenvalue weighted by atomic mass is 10.1. The molecule has 0 amide bonds. The van der Waals surface area contributed by atoms with Crippen LogP contribution in [0.1, 0.15) is 32.1 Å². The molecule has 0 N–H and O–H groups in total. The molecule has 0 aromatic rings. The lowest BCUT2D eigenvalue weighted by molar-refractivity contribution is 0.734. The van der Waals surface area contributed by atoms with Gasteiger partial charge in [0.2, 0.25) is 0 Å². The smallest absolute Gasteiger partial charge is 0.0499 e. The van der Waals surface area contributed by atoms with Crippen molar-refractivity contribution in [2.24, 2.45) is 10.3 Å². The fourth-order valence-corrected chi connectivity index (χ4v) is 1.25. The molecule has 0 aromatic heterocycles. The summed E-state index contributed by atoms with van der Waals surface area (Å²) in [5.74, 6) is 0. The van der Waals surface area contributed by atoms with Crippen molar-refractivity contribution in [3.63, 3.8) is 0 Å². The number of hydrogen-bond acceptors (Lipinski definition) is 4. The predicted molar refractivity (Wildman–Crippen MR) is 44.7 cm³/mol. The van der Waals surface area contributed by atoms with Crippen LogP contribution in [0.25, 0.3) is 0 Å². The van der Waals surface area contributed by atoms with E-state index in [0.29, 0.717) is 24.3 Å². The minimum absolute atomic E-state index is 0.359. The highest BCUT2D eigenvalue weighted by atomic mass is 16.4. The third kappa shape index (κ3) is 1.93. The summed E-state index contributed by atoms with van der Waals surface area (Å²) in [5.41, 5.74) is 0.718. The first-order chi connectivity index (χ1) is 5.38. The molecule has 0 radical (unpaired) electrons. The zero-order valence-corrected chi connectivity index (χ0v) is 6.25. The van der Waals surface area contributed by atoms with Gasteiger partial charge in [0, 0.05) is 11.4 Å². The van der Waals surface area contributed by atoms with Gasteiger partial charge in [0.1, 0.15) is 0 Å². The Kier molecular flexibility index (Phi) is 2.89. The van der Waals surface area contributed by atoms with Gasteiger partial charge in [-0.25, -0.2) is 0 Å². The largest absolute Gasteiger partial charge is 0.792 e. The lowest BCUT2D eigenvalue weighted by Gasteiger charge is -2.08. The van der Waals surface area contributed by atoms with Gasteiger partial charge >= 0.3 is 0 Å². The van der Waals surface area contributed by atoms with Gasteiger partial charge in [-0.15, -0.1) is 0 Å². The Bertz CT molecular complexity index is 167. The predicted octanol–water partition coefficient (Wildman–Crippen LogP) is 1.83. The van der Waals surface area contributed by atoms with E-state index in [9.17, 15) is 10.4 Å². The first-order valence-corrected chi connectivity index (χ1v) is 3.77. The second kappa shape index (κ2) is 3.95. The molecular formula is C7H10N2O2-2. The molecule has 0 saturated heterocycles. The molecule has 1 saturated carbocycles. The Morgan fingerprint density at radius 3 is 1.64 bits per heavy atom. The normalized spacial score (nSPS) is 27.3. The molecule has 1 rings (SSSR count). The Balaban J connectivity index is 2.71. The van der Waals surface area contributed by atoms with Crippen molar-refractivity contribution in [1.82, 2.24) is 0 Å². The number of nitrogens with zero attached hydrogens (tertiary/aromatic N) is 2. The molecule has 4 nitrogen and oxygen atoms in total. The van der Waals surface area contributed by atoms with Crippen LogP contribution in [0.5, 0.6) is 0 Å². The molecule has 0 heterocycles. The van der Waals surface area contributed by atoms with E-state index in [1.165, 1.54) is 0 Å². The van der Waals surface area contributed by atoms with Crippen molar-refractivity contribution in [1.29, 1.82) is 0 Å². The van der Waals surface area contributed by atoms with Crippen molar-refractivity contribution in [3.05, 3.63) is 10.4 Å². The highest BCUT2D eigenvalue weighted by molar-refractivity contribution is 6.42. The average Bonchev–Trinajstić information content (AvgIpc) is 2.27. The van der Waals surface area contributed by atoms with Crippen molar-refractivity contribution < 1.29 is 0 Å². The van der Waals surface area contributed by atoms with Crippen molar-refractivity contribution in [2.75, 3.05) is 0 Å². The number of rotatable bonds is 0. The molecule has 0 aromatic carbocycles. The van der Waals surface area contributed by atoms with Crippen molar-refractivity contribution in [3.8, 4) is 0 Å². The molecule has 0 unspecified atom stereocenters. The van der Waals surface area contributed by atoms with E-state index in [1.54, 1.807) is 0 Å². The fraction of sp³-hybridized carbons (Fsp3) is 0.714. The molecule has 0 aliphatic heterocycles. The minimum atomic E-state index is 0.359. The average molecular weight is 154 g/mol. The van der Waals surface area contributed by atoms with E-state index in [2.05, 4.69) is 10.3 Å². The van der Waals surface area contributed by atoms with Gasteiger partial charge in [-0.3, -0.25) is 0 Å². The van der Waals surface area contributed by atoms with E-state index in [0.717, 1.165) is 19.3 Å². The zero-order chi connectivity index (χ0) is 8.10. The van der Waals surface area contributed by atoms with Crippen molar-refractivity contribution >= 4 is 11.4 Å². The minimum Gasteiger partial charge on any atom is -0.792 e. The summed E-state index contributed by atoms with van der Waals surface area (Å²) in [5, 5.41) is 25.9. The van der Waals surface area contributed by atoms with Crippen LogP contribution in [0.15, 0.2) is 10.3 Å². The SMILES string of the molecule is [O-]N=C1CCCCCC1=N[O-]. The molecule has 0 spiro atoms. The topological polar surface area (TPSA) is 70.8 Å². The van der Waals surface area contributed by atoms with Gasteiger partial charge in [0.15, 0.2) is 0 Å². The van der Waals surface area contributed by atoms with Gasteiger partial charge in [-0.2, -0.15) is 0 Å². The maximum Gasteiger partial charge on any atom is 0.0499 e. The van der Waals surface area contributed by atoms with Gasteiger partial charge in [-0.1, -0.05) is 6.42 Å². The lowest BCUT2D eigenvalue weighted by Crippen LogP contribution is -2.11. The summed E-state index contributed by atoms with van der Waals surface area (Å²) in [6.07, 6.45) is 4.17. The van der Waals surface area contributed by atoms with Gasteiger partial charge < -0.3 is 20.7 Å². The second-order valence-electron chi connectivity index (χ2n) is 2.64. The summed E-state index contributed by atoms with van der Waals surface area (Å²) in [7, 11) is 0. The summed E-state index contributed by atoms with van der Waals surface area (Å²) < 4.78 is 0. The van der Waals surface area contributed by atoms with Crippen LogP contribution in [0.2, 0.25) is 0 Å². The van der Waals surface area contributed by atoms with E-state index >= 15 is 0 Å². The fourth-order valence-electron chi connectivity index (χ4n) is 1.25. The zero-order valence-electron chi connectivity index (χ0n) is 6.25. The maximum absolute atomic E-state index is 10.2. The summed E-state index contributed by atoms with van der Waals surface area (Å²) >= 11 is 0. The molecule has 4 heteroatoms. The molecular weight excluding hydrogens is 144 g/mol. The number of hydrogen-bond donors (Lipinski definition) is 0. The highest BCUT2D eigenvalue weighted by Gasteiger charge is 2.09. The first kappa shape index (κ1) is 8.04. The molecule has 62 valence electrons. The van der Waals surface area contributed by atoms with E-state index in [-0.39, 0.29) is 0 Å². The van der Waals surface area contributed by atoms with Gasteiger partial charge in [0.05, 0.1) is 0 Å². The molecule has 1 aliphatic rings. The summed E-state index contributed by atoms with van der Waals surface area (Å²) in [6.45, 7) is 0. The van der Waals surface area contributed by atoms with Crippen LogP contribution in [0.4, 0.5) is 0 Å². The van der Waals surface area contributed by atoms with Gasteiger partial charge in [0.25, 0.3) is 0 Å². The van der Waals surface area contributed by atoms with E-state index in [4.69, 9.17) is 0 Å². The highest BCUT2D eigenvalue weighted by Crippen LogP contribution is 2.13. The van der Waals surface area contributed by atoms with E-state index < -0.39 is 0 Å². The van der Waals surface area contributed by atoms with Crippen LogP contribution >= 0.6 is 0 Å². The second-order valence-corrected chi connectivity index (χ2v) is 2.64. The standard InChI is InChI=1S/C7H12N2O2/c10-8-6-4-2-1-3-5-7(6)9-11/h10-11H,1-5H2/p-2. The first-order valence-electron chi connectivity index (χ1n) is 3.77. The summed E-state index contributed by atoms with van der Waals surface area (Å²) in [4.78, 5) is 0. The quantitative estimate of drug-likeness (QED) is 0.394. The van der Waals surface area contributed by atoms with Gasteiger partial charge in [-0.05, 0) is 25.7 Å². The van der Waals surface area contributed by atoms with Crippen LogP contribution in [-0.2, 0) is 0 Å². The molecule has 11 heavy (non-hydrogen) atoms. The van der Waals surface area contributed by atoms with Crippen LogP contribution in [0, 0.1) is 10.4 Å². The Morgan fingerprint density at radius 2 is 1.27 bits per heavy atom. The Morgan fingerprint density at radius 1 is 0.818 bits per heavy atom. The Labute approximate surface area is 65.2 Å². The maximum atomic E-state index is 10.2. The third-order valence-corrected chi connectivity index (χ3v) is 1.88. The third-order valence-electron chi connectivity index (χ3n) is 1.88. The monoisotopic (exact) mass is 154 g/mol. The summed E-state index contributed by atoms with van der Waals surface area (Å²) in [6, 6.07) is 0. The molecule has 0 bridgehead atoms. The molecule has 1 aliphatic carbocycles. The van der Waals surface area contributed by atoms with Crippen molar-refractivity contribution in [2.45, 2.75) is 32.1 Å². The Hall–Kier alpha value is -1.06. The van der Waals surface area contributed by atoms with Crippen LogP contribution in [-0.4, -0.2) is 11.4 Å².